The van der Waals surface area contributed by atoms with Crippen LogP contribution in [0.2, 0.25) is 0 Å². The third kappa shape index (κ3) is 2.35. The summed E-state index contributed by atoms with van der Waals surface area (Å²) in [6.45, 7) is 7.87. The Morgan fingerprint density at radius 1 is 1.07 bits per heavy atom. The molecule has 3 heterocycles. The quantitative estimate of drug-likeness (QED) is 0.559. The number of imidazole rings is 1. The maximum atomic E-state index is 13.4. The molecule has 0 atom stereocenters. The number of rotatable bonds is 3. The maximum Gasteiger partial charge on any atom is 0.277 e. The van der Waals surface area contributed by atoms with Crippen LogP contribution in [0.4, 0.5) is 0 Å². The van der Waals surface area contributed by atoms with Gasteiger partial charge in [0, 0.05) is 6.04 Å². The van der Waals surface area contributed by atoms with Gasteiger partial charge >= 0.3 is 0 Å². The van der Waals surface area contributed by atoms with Crippen LogP contribution in [-0.4, -0.2) is 28.9 Å². The molecule has 0 fully saturated rings. The van der Waals surface area contributed by atoms with Gasteiger partial charge in [0.1, 0.15) is 23.2 Å². The molecule has 136 valence electrons. The number of fused-ring (bicyclic) bond motifs is 3. The molecule has 0 saturated carbocycles. The molecule has 0 amide bonds. The zero-order valence-electron chi connectivity index (χ0n) is 15.6. The van der Waals surface area contributed by atoms with Crippen LogP contribution in [0.3, 0.4) is 0 Å². The number of benzene rings is 1. The van der Waals surface area contributed by atoms with E-state index in [4.69, 9.17) is 0 Å². The summed E-state index contributed by atoms with van der Waals surface area (Å²) >= 11 is 0. The van der Waals surface area contributed by atoms with Crippen LogP contribution in [0.15, 0.2) is 35.4 Å². The summed E-state index contributed by atoms with van der Waals surface area (Å²) < 4.78 is 4.74. The lowest BCUT2D eigenvalue weighted by atomic mass is 10.1. The molecule has 4 aromatic rings. The van der Waals surface area contributed by atoms with Crippen molar-refractivity contribution in [2.45, 2.75) is 39.7 Å². The van der Waals surface area contributed by atoms with E-state index < -0.39 is 0 Å². The second-order valence-electron chi connectivity index (χ2n) is 7.06. The molecule has 0 saturated heterocycles. The fourth-order valence-electron chi connectivity index (χ4n) is 3.57. The number of hydrogen-bond donors (Lipinski definition) is 0. The lowest BCUT2D eigenvalue weighted by molar-refractivity contribution is 0.601. The van der Waals surface area contributed by atoms with Crippen LogP contribution >= 0.6 is 0 Å². The van der Waals surface area contributed by atoms with E-state index in [1.54, 1.807) is 15.3 Å². The first-order valence-electron chi connectivity index (χ1n) is 8.82. The summed E-state index contributed by atoms with van der Waals surface area (Å²) in [5.41, 5.74) is 3.59. The van der Waals surface area contributed by atoms with Crippen molar-refractivity contribution in [2.75, 3.05) is 0 Å². The lowest BCUT2D eigenvalue weighted by Gasteiger charge is -2.15. The number of nitriles is 1. The van der Waals surface area contributed by atoms with Crippen molar-refractivity contribution in [1.29, 1.82) is 5.26 Å². The van der Waals surface area contributed by atoms with E-state index >= 15 is 0 Å². The molecule has 0 aliphatic heterocycles. The second kappa shape index (κ2) is 6.06. The number of nitrogens with zero attached hydrogens (tertiary/aromatic N) is 7. The Bertz CT molecular complexity index is 1270. The summed E-state index contributed by atoms with van der Waals surface area (Å²) in [6, 6.07) is 7.72. The monoisotopic (exact) mass is 361 g/mol. The first kappa shape index (κ1) is 17.0. The molecular formula is C19H19N7O. The van der Waals surface area contributed by atoms with Gasteiger partial charge in [-0.3, -0.25) is 9.20 Å². The van der Waals surface area contributed by atoms with Gasteiger partial charge in [0.25, 0.3) is 5.56 Å². The van der Waals surface area contributed by atoms with Crippen LogP contribution in [0.25, 0.3) is 27.9 Å². The van der Waals surface area contributed by atoms with E-state index in [1.165, 1.54) is 4.68 Å². The lowest BCUT2D eigenvalue weighted by Crippen LogP contribution is -2.24. The van der Waals surface area contributed by atoms with Gasteiger partial charge in [-0.15, -0.1) is 9.78 Å². The largest absolute Gasteiger partial charge is 0.302 e. The molecule has 0 bridgehead atoms. The van der Waals surface area contributed by atoms with Crippen molar-refractivity contribution < 1.29 is 0 Å². The summed E-state index contributed by atoms with van der Waals surface area (Å²) in [5.74, 6) is -0.000759. The molecule has 8 nitrogen and oxygen atoms in total. The Morgan fingerprint density at radius 2 is 1.78 bits per heavy atom. The summed E-state index contributed by atoms with van der Waals surface area (Å²) in [6.07, 6.45) is 3.64. The van der Waals surface area contributed by atoms with E-state index in [9.17, 15) is 10.1 Å². The van der Waals surface area contributed by atoms with E-state index in [0.29, 0.717) is 22.6 Å². The van der Waals surface area contributed by atoms with Crippen LogP contribution in [0.1, 0.15) is 45.3 Å². The van der Waals surface area contributed by atoms with Crippen LogP contribution in [0.5, 0.6) is 0 Å². The highest BCUT2D eigenvalue weighted by Gasteiger charge is 2.25. The zero-order valence-corrected chi connectivity index (χ0v) is 15.6. The van der Waals surface area contributed by atoms with E-state index in [2.05, 4.69) is 15.3 Å². The first-order chi connectivity index (χ1) is 13.0. The van der Waals surface area contributed by atoms with Crippen LogP contribution in [-0.2, 0) is 0 Å². The van der Waals surface area contributed by atoms with E-state index in [0.717, 1.165) is 11.0 Å². The average Bonchev–Trinajstić information content (AvgIpc) is 3.25. The second-order valence-corrected chi connectivity index (χ2v) is 7.06. The van der Waals surface area contributed by atoms with Crippen molar-refractivity contribution in [3.63, 3.8) is 0 Å². The van der Waals surface area contributed by atoms with Gasteiger partial charge in [0.2, 0.25) is 6.19 Å². The predicted molar refractivity (Wildman–Crippen MR) is 101 cm³/mol. The third-order valence-corrected chi connectivity index (χ3v) is 4.68. The highest BCUT2D eigenvalue weighted by atomic mass is 16.1. The van der Waals surface area contributed by atoms with Crippen molar-refractivity contribution in [2.24, 2.45) is 0 Å². The molecular weight excluding hydrogens is 342 g/mol. The molecule has 0 spiro atoms. The fourth-order valence-corrected chi connectivity index (χ4v) is 3.57. The van der Waals surface area contributed by atoms with Gasteiger partial charge < -0.3 is 4.57 Å². The Hall–Kier alpha value is -3.47. The summed E-state index contributed by atoms with van der Waals surface area (Å²) in [7, 11) is 0. The Kier molecular flexibility index (Phi) is 3.81. The van der Waals surface area contributed by atoms with Gasteiger partial charge in [-0.2, -0.15) is 5.26 Å². The number of aromatic nitrogens is 6. The predicted octanol–water partition coefficient (Wildman–Crippen LogP) is 2.94. The minimum Gasteiger partial charge on any atom is -0.302 e. The fraction of sp³-hybridized carbons (Fsp3) is 0.316. The Morgan fingerprint density at radius 3 is 2.41 bits per heavy atom. The Labute approximate surface area is 155 Å². The highest BCUT2D eigenvalue weighted by Crippen LogP contribution is 2.29. The average molecular weight is 361 g/mol. The highest BCUT2D eigenvalue weighted by molar-refractivity contribution is 5.84. The molecule has 0 aliphatic rings. The maximum absolute atomic E-state index is 13.4. The minimum atomic E-state index is -0.141. The van der Waals surface area contributed by atoms with Gasteiger partial charge in [-0.25, -0.2) is 4.98 Å². The zero-order chi connectivity index (χ0) is 19.3. The van der Waals surface area contributed by atoms with Crippen molar-refractivity contribution >= 4 is 16.6 Å². The molecule has 8 heteroatoms. The third-order valence-electron chi connectivity index (χ3n) is 4.68. The molecule has 3 aromatic heterocycles. The molecule has 0 aliphatic carbocycles. The van der Waals surface area contributed by atoms with Crippen molar-refractivity contribution in [3.8, 4) is 17.6 Å². The van der Waals surface area contributed by atoms with Gasteiger partial charge in [-0.05, 0) is 31.9 Å². The Balaban J connectivity index is 2.17. The summed E-state index contributed by atoms with van der Waals surface area (Å²) in [5, 5.41) is 17.4. The van der Waals surface area contributed by atoms with Crippen LogP contribution < -0.4 is 5.56 Å². The molecule has 4 rings (SSSR count). The minimum absolute atomic E-state index is 0.000759. The molecule has 0 radical (unpaired) electrons. The molecule has 1 aromatic carbocycles. The normalized spacial score (nSPS) is 11.7. The van der Waals surface area contributed by atoms with Crippen LogP contribution in [0, 0.1) is 11.5 Å². The summed E-state index contributed by atoms with van der Waals surface area (Å²) in [4.78, 5) is 17.9. The SMILES string of the molecule is CC(C)c1c(-c2ncn3c2c(=O)n(C(C)C)c2ccccc23)nnn1C#N. The standard InChI is InChI=1S/C19H19N7O/c1-11(2)17-16(22-23-25(17)9-20)15-18-19(27)26(12(3)4)14-8-6-5-7-13(14)24(18)10-21-15/h5-8,10-12H,1-4H3. The molecule has 0 unspecified atom stereocenters. The van der Waals surface area contributed by atoms with Crippen molar-refractivity contribution in [1.82, 2.24) is 28.9 Å². The van der Waals surface area contributed by atoms with Gasteiger partial charge in [-0.1, -0.05) is 31.2 Å². The molecule has 27 heavy (non-hydrogen) atoms. The van der Waals surface area contributed by atoms with E-state index in [-0.39, 0.29) is 17.5 Å². The van der Waals surface area contributed by atoms with E-state index in [1.807, 2.05) is 58.2 Å². The molecule has 0 N–H and O–H groups in total. The number of para-hydroxylation sites is 2. The number of hydrogen-bond acceptors (Lipinski definition) is 5. The van der Waals surface area contributed by atoms with Gasteiger partial charge in [0.15, 0.2) is 0 Å². The first-order valence-corrected chi connectivity index (χ1v) is 8.82. The van der Waals surface area contributed by atoms with Crippen molar-refractivity contribution in [3.05, 3.63) is 46.6 Å². The smallest absolute Gasteiger partial charge is 0.277 e. The topological polar surface area (TPSA) is 93.8 Å². The van der Waals surface area contributed by atoms with Gasteiger partial charge in [0.05, 0.1) is 16.7 Å².